The van der Waals surface area contributed by atoms with Crippen LogP contribution in [0.3, 0.4) is 0 Å². The molecule has 0 aliphatic rings. The van der Waals surface area contributed by atoms with E-state index >= 15 is 0 Å². The van der Waals surface area contributed by atoms with Gasteiger partial charge in [0.25, 0.3) is 0 Å². The lowest BCUT2D eigenvalue weighted by molar-refractivity contribution is -0.147. The standard InChI is InChI=1S/C13H16N2O5/c1-8-3-5-9(6-4-8)14-11(17)12(18)15-10(7-16)13(19)20-2/h3-6,10,16H,7H2,1-2H3,(H,14,17)(H,15,18). The molecule has 1 rings (SSSR count). The number of nitrogens with one attached hydrogen (secondary N) is 2. The Morgan fingerprint density at radius 1 is 1.20 bits per heavy atom. The van der Waals surface area contributed by atoms with E-state index in [1.54, 1.807) is 24.3 Å². The van der Waals surface area contributed by atoms with E-state index in [1.165, 1.54) is 0 Å². The number of methoxy groups -OCH3 is 1. The number of esters is 1. The summed E-state index contributed by atoms with van der Waals surface area (Å²) < 4.78 is 4.37. The predicted octanol–water partition coefficient (Wildman–Crippen LogP) is -0.416. The van der Waals surface area contributed by atoms with Crippen LogP contribution < -0.4 is 10.6 Å². The van der Waals surface area contributed by atoms with Crippen LogP contribution >= 0.6 is 0 Å². The molecule has 0 aliphatic carbocycles. The van der Waals surface area contributed by atoms with Gasteiger partial charge in [-0.2, -0.15) is 0 Å². The lowest BCUT2D eigenvalue weighted by atomic mass is 10.2. The molecule has 0 radical (unpaired) electrons. The molecule has 7 heteroatoms. The predicted molar refractivity (Wildman–Crippen MR) is 70.8 cm³/mol. The summed E-state index contributed by atoms with van der Waals surface area (Å²) in [5.74, 6) is -2.80. The van der Waals surface area contributed by atoms with E-state index in [4.69, 9.17) is 5.11 Å². The van der Waals surface area contributed by atoms with Crippen LogP contribution in [0.5, 0.6) is 0 Å². The number of benzene rings is 1. The summed E-state index contributed by atoms with van der Waals surface area (Å²) in [7, 11) is 1.11. The van der Waals surface area contributed by atoms with Crippen LogP contribution in [-0.4, -0.2) is 42.6 Å². The van der Waals surface area contributed by atoms with Crippen molar-refractivity contribution in [2.24, 2.45) is 0 Å². The Morgan fingerprint density at radius 2 is 1.80 bits per heavy atom. The molecule has 0 saturated heterocycles. The Hall–Kier alpha value is -2.41. The number of carbonyl (C=O) groups is 3. The first-order chi connectivity index (χ1) is 9.47. The molecule has 0 aromatic heterocycles. The van der Waals surface area contributed by atoms with Crippen LogP contribution in [0.1, 0.15) is 5.56 Å². The maximum absolute atomic E-state index is 11.6. The fraction of sp³-hybridized carbons (Fsp3) is 0.308. The zero-order chi connectivity index (χ0) is 15.1. The zero-order valence-corrected chi connectivity index (χ0v) is 11.2. The number of amides is 2. The van der Waals surface area contributed by atoms with Crippen molar-refractivity contribution >= 4 is 23.5 Å². The van der Waals surface area contributed by atoms with Gasteiger partial charge in [-0.25, -0.2) is 4.79 Å². The zero-order valence-electron chi connectivity index (χ0n) is 11.2. The third-order valence-electron chi connectivity index (χ3n) is 2.49. The van der Waals surface area contributed by atoms with Crippen molar-refractivity contribution in [3.8, 4) is 0 Å². The molecule has 7 nitrogen and oxygen atoms in total. The normalized spacial score (nSPS) is 11.3. The van der Waals surface area contributed by atoms with E-state index in [1.807, 2.05) is 6.92 Å². The maximum atomic E-state index is 11.6. The van der Waals surface area contributed by atoms with Gasteiger partial charge in [0.1, 0.15) is 0 Å². The number of rotatable bonds is 4. The molecule has 0 fully saturated rings. The molecule has 1 atom stereocenters. The van der Waals surface area contributed by atoms with Crippen molar-refractivity contribution in [2.45, 2.75) is 13.0 Å². The highest BCUT2D eigenvalue weighted by atomic mass is 16.5. The van der Waals surface area contributed by atoms with Gasteiger partial charge in [-0.1, -0.05) is 17.7 Å². The van der Waals surface area contributed by atoms with Crippen LogP contribution in [0, 0.1) is 6.92 Å². The second-order valence-electron chi connectivity index (χ2n) is 4.05. The number of aliphatic hydroxyl groups is 1. The number of ether oxygens (including phenoxy) is 1. The number of anilines is 1. The first kappa shape index (κ1) is 15.6. The van der Waals surface area contributed by atoms with Crippen molar-refractivity contribution in [3.05, 3.63) is 29.8 Å². The minimum atomic E-state index is -1.27. The number of aliphatic hydroxyl groups excluding tert-OH is 1. The van der Waals surface area contributed by atoms with Crippen molar-refractivity contribution in [1.29, 1.82) is 0 Å². The largest absolute Gasteiger partial charge is 0.467 e. The van der Waals surface area contributed by atoms with Crippen LogP contribution in [0.4, 0.5) is 5.69 Å². The quantitative estimate of drug-likeness (QED) is 0.513. The molecule has 1 aromatic carbocycles. The van der Waals surface area contributed by atoms with Crippen molar-refractivity contribution < 1.29 is 24.2 Å². The lowest BCUT2D eigenvalue weighted by Crippen LogP contribution is -2.48. The van der Waals surface area contributed by atoms with Gasteiger partial charge in [0, 0.05) is 5.69 Å². The molecule has 0 aliphatic heterocycles. The fourth-order valence-corrected chi connectivity index (χ4v) is 1.37. The summed E-state index contributed by atoms with van der Waals surface area (Å²) in [5, 5.41) is 13.4. The van der Waals surface area contributed by atoms with Crippen LogP contribution in [0.25, 0.3) is 0 Å². The number of aryl methyl sites for hydroxylation is 1. The van der Waals surface area contributed by atoms with E-state index in [9.17, 15) is 14.4 Å². The topological polar surface area (TPSA) is 105 Å². The second kappa shape index (κ2) is 7.25. The molecule has 0 bridgehead atoms. The van der Waals surface area contributed by atoms with Crippen molar-refractivity contribution in [3.63, 3.8) is 0 Å². The molecular formula is C13H16N2O5. The Morgan fingerprint density at radius 3 is 2.30 bits per heavy atom. The SMILES string of the molecule is COC(=O)C(CO)NC(=O)C(=O)Nc1ccc(C)cc1. The monoisotopic (exact) mass is 280 g/mol. The van der Waals surface area contributed by atoms with Gasteiger partial charge in [0.2, 0.25) is 0 Å². The average molecular weight is 280 g/mol. The molecule has 0 heterocycles. The summed E-state index contributed by atoms with van der Waals surface area (Å²) in [6.45, 7) is 1.23. The molecule has 3 N–H and O–H groups in total. The number of hydrogen-bond donors (Lipinski definition) is 3. The lowest BCUT2D eigenvalue weighted by Gasteiger charge is -2.13. The average Bonchev–Trinajstić information content (AvgIpc) is 2.45. The van der Waals surface area contributed by atoms with Gasteiger partial charge in [0.05, 0.1) is 13.7 Å². The van der Waals surface area contributed by atoms with Gasteiger partial charge in [-0.05, 0) is 19.1 Å². The first-order valence-electron chi connectivity index (χ1n) is 5.85. The Balaban J connectivity index is 2.60. The van der Waals surface area contributed by atoms with E-state index < -0.39 is 30.4 Å². The first-order valence-corrected chi connectivity index (χ1v) is 5.85. The summed E-state index contributed by atoms with van der Waals surface area (Å²) in [4.78, 5) is 34.3. The molecule has 0 saturated carbocycles. The molecular weight excluding hydrogens is 264 g/mol. The van der Waals surface area contributed by atoms with Crippen LogP contribution in [-0.2, 0) is 19.1 Å². The van der Waals surface area contributed by atoms with E-state index in [0.29, 0.717) is 5.69 Å². The minimum Gasteiger partial charge on any atom is -0.467 e. The van der Waals surface area contributed by atoms with E-state index in [-0.39, 0.29) is 0 Å². The van der Waals surface area contributed by atoms with Gasteiger partial charge in [-0.15, -0.1) is 0 Å². The highest BCUT2D eigenvalue weighted by Crippen LogP contribution is 2.08. The minimum absolute atomic E-state index is 0.453. The van der Waals surface area contributed by atoms with Gasteiger partial charge in [0.15, 0.2) is 6.04 Å². The van der Waals surface area contributed by atoms with Crippen LogP contribution in [0.2, 0.25) is 0 Å². The number of hydrogen-bond acceptors (Lipinski definition) is 5. The highest BCUT2D eigenvalue weighted by molar-refractivity contribution is 6.40. The van der Waals surface area contributed by atoms with Crippen LogP contribution in [0.15, 0.2) is 24.3 Å². The summed E-state index contributed by atoms with van der Waals surface area (Å²) in [5.41, 5.74) is 1.47. The van der Waals surface area contributed by atoms with Gasteiger partial charge in [-0.3, -0.25) is 9.59 Å². The maximum Gasteiger partial charge on any atom is 0.330 e. The third kappa shape index (κ3) is 4.36. The Bertz CT molecular complexity index is 498. The molecule has 1 aromatic rings. The second-order valence-corrected chi connectivity index (χ2v) is 4.05. The van der Waals surface area contributed by atoms with E-state index in [2.05, 4.69) is 15.4 Å². The highest BCUT2D eigenvalue weighted by Gasteiger charge is 2.24. The van der Waals surface area contributed by atoms with Gasteiger partial charge >= 0.3 is 17.8 Å². The molecule has 0 spiro atoms. The molecule has 20 heavy (non-hydrogen) atoms. The molecule has 1 unspecified atom stereocenters. The Labute approximate surface area is 115 Å². The smallest absolute Gasteiger partial charge is 0.330 e. The van der Waals surface area contributed by atoms with E-state index in [0.717, 1.165) is 12.7 Å². The van der Waals surface area contributed by atoms with Gasteiger partial charge < -0.3 is 20.5 Å². The summed E-state index contributed by atoms with van der Waals surface area (Å²) in [6.07, 6.45) is 0. The van der Waals surface area contributed by atoms with Crippen molar-refractivity contribution in [2.75, 3.05) is 19.0 Å². The number of carbonyl (C=O) groups excluding carboxylic acids is 3. The molecule has 2 amide bonds. The van der Waals surface area contributed by atoms with Crippen molar-refractivity contribution in [1.82, 2.24) is 5.32 Å². The third-order valence-corrected chi connectivity index (χ3v) is 2.49. The molecule has 108 valence electrons. The summed E-state index contributed by atoms with van der Waals surface area (Å²) in [6, 6.07) is 5.57. The fourth-order valence-electron chi connectivity index (χ4n) is 1.37. The summed E-state index contributed by atoms with van der Waals surface area (Å²) >= 11 is 0. The Kier molecular flexibility index (Phi) is 5.67.